The third kappa shape index (κ3) is 4.58. The number of carboxylic acid groups (broad SMARTS) is 1. The quantitative estimate of drug-likeness (QED) is 0.817. The number of benzene rings is 1. The van der Waals surface area contributed by atoms with Gasteiger partial charge in [-0.15, -0.1) is 0 Å². The Morgan fingerprint density at radius 2 is 1.82 bits per heavy atom. The second-order valence-electron chi connectivity index (χ2n) is 6.20. The lowest BCUT2D eigenvalue weighted by Gasteiger charge is -2.22. The maximum atomic E-state index is 12.5. The van der Waals surface area contributed by atoms with E-state index in [1.807, 2.05) is 31.2 Å². The highest BCUT2D eigenvalue weighted by Crippen LogP contribution is 2.26. The summed E-state index contributed by atoms with van der Waals surface area (Å²) in [5.41, 5.74) is 1.90. The van der Waals surface area contributed by atoms with Gasteiger partial charge in [0.05, 0.1) is 12.5 Å². The largest absolute Gasteiger partial charge is 0.481 e. The second-order valence-corrected chi connectivity index (χ2v) is 6.20. The van der Waals surface area contributed by atoms with E-state index in [1.54, 1.807) is 0 Å². The van der Waals surface area contributed by atoms with Crippen LogP contribution in [-0.4, -0.2) is 17.0 Å². The predicted molar refractivity (Wildman–Crippen MR) is 85.5 cm³/mol. The summed E-state index contributed by atoms with van der Waals surface area (Å²) >= 11 is 0. The number of aliphatic carboxylic acids is 1. The van der Waals surface area contributed by atoms with Crippen LogP contribution in [0.4, 0.5) is 0 Å². The summed E-state index contributed by atoms with van der Waals surface area (Å²) in [6.07, 6.45) is 6.32. The van der Waals surface area contributed by atoms with Gasteiger partial charge >= 0.3 is 5.97 Å². The van der Waals surface area contributed by atoms with Crippen molar-refractivity contribution in [3.8, 4) is 0 Å². The zero-order chi connectivity index (χ0) is 15.9. The van der Waals surface area contributed by atoms with Crippen molar-refractivity contribution in [2.45, 2.75) is 57.9 Å². The van der Waals surface area contributed by atoms with Crippen LogP contribution in [0, 0.1) is 12.8 Å². The van der Waals surface area contributed by atoms with E-state index in [2.05, 4.69) is 5.32 Å². The van der Waals surface area contributed by atoms with E-state index in [1.165, 1.54) is 12.8 Å². The third-order valence-corrected chi connectivity index (χ3v) is 4.49. The first-order chi connectivity index (χ1) is 10.6. The number of carboxylic acids is 1. The van der Waals surface area contributed by atoms with E-state index in [9.17, 15) is 9.59 Å². The summed E-state index contributed by atoms with van der Waals surface area (Å²) in [6, 6.07) is 7.20. The van der Waals surface area contributed by atoms with Crippen LogP contribution >= 0.6 is 0 Å². The summed E-state index contributed by atoms with van der Waals surface area (Å²) in [5, 5.41) is 12.1. The second kappa shape index (κ2) is 7.97. The van der Waals surface area contributed by atoms with Crippen molar-refractivity contribution in [1.82, 2.24) is 5.32 Å². The van der Waals surface area contributed by atoms with E-state index in [-0.39, 0.29) is 18.2 Å². The molecule has 2 N–H and O–H groups in total. The molecule has 0 heterocycles. The first-order valence-electron chi connectivity index (χ1n) is 8.15. The molecule has 0 aromatic heterocycles. The zero-order valence-corrected chi connectivity index (χ0v) is 13.2. The maximum absolute atomic E-state index is 12.5. The molecule has 4 heteroatoms. The van der Waals surface area contributed by atoms with Crippen LogP contribution in [0.15, 0.2) is 24.3 Å². The number of carbonyl (C=O) groups excluding carboxylic acids is 1. The Morgan fingerprint density at radius 3 is 2.41 bits per heavy atom. The Morgan fingerprint density at radius 1 is 1.18 bits per heavy atom. The van der Waals surface area contributed by atoms with Crippen molar-refractivity contribution in [3.05, 3.63) is 35.4 Å². The molecule has 0 radical (unpaired) electrons. The van der Waals surface area contributed by atoms with Gasteiger partial charge in [-0.2, -0.15) is 0 Å². The SMILES string of the molecule is Cc1ccccc1C(CC(=O)O)NC(=O)C1CCCCCC1. The molecule has 2 rings (SSSR count). The molecule has 1 aliphatic carbocycles. The van der Waals surface area contributed by atoms with Crippen molar-refractivity contribution in [3.63, 3.8) is 0 Å². The van der Waals surface area contributed by atoms with E-state index in [0.717, 1.165) is 36.8 Å². The van der Waals surface area contributed by atoms with Gasteiger partial charge in [0.25, 0.3) is 0 Å². The molecular weight excluding hydrogens is 278 g/mol. The van der Waals surface area contributed by atoms with Crippen molar-refractivity contribution in [1.29, 1.82) is 0 Å². The molecule has 22 heavy (non-hydrogen) atoms. The van der Waals surface area contributed by atoms with Crippen LogP contribution in [0.3, 0.4) is 0 Å². The molecule has 1 aliphatic rings. The van der Waals surface area contributed by atoms with Crippen LogP contribution in [0.1, 0.15) is 62.1 Å². The number of hydrogen-bond acceptors (Lipinski definition) is 2. The molecule has 1 aromatic rings. The summed E-state index contributed by atoms with van der Waals surface area (Å²) in [5.74, 6) is -0.853. The average molecular weight is 303 g/mol. The van der Waals surface area contributed by atoms with Crippen molar-refractivity contribution in [2.75, 3.05) is 0 Å². The fraction of sp³-hybridized carbons (Fsp3) is 0.556. The highest BCUT2D eigenvalue weighted by atomic mass is 16.4. The summed E-state index contributed by atoms with van der Waals surface area (Å²) in [7, 11) is 0. The Bertz CT molecular complexity index is 519. The fourth-order valence-corrected chi connectivity index (χ4v) is 3.22. The fourth-order valence-electron chi connectivity index (χ4n) is 3.22. The molecule has 120 valence electrons. The lowest BCUT2D eigenvalue weighted by atomic mass is 9.95. The molecule has 1 amide bonds. The van der Waals surface area contributed by atoms with Gasteiger partial charge in [0.1, 0.15) is 0 Å². The molecule has 0 spiro atoms. The molecule has 1 aromatic carbocycles. The Labute approximate surface area is 131 Å². The first-order valence-corrected chi connectivity index (χ1v) is 8.15. The minimum absolute atomic E-state index is 0.0106. The predicted octanol–water partition coefficient (Wildman–Crippen LogP) is 3.60. The molecule has 0 aliphatic heterocycles. The van der Waals surface area contributed by atoms with Gasteiger partial charge in [0.2, 0.25) is 5.91 Å². The molecule has 0 bridgehead atoms. The minimum Gasteiger partial charge on any atom is -0.481 e. The monoisotopic (exact) mass is 303 g/mol. The molecule has 1 saturated carbocycles. The molecule has 4 nitrogen and oxygen atoms in total. The van der Waals surface area contributed by atoms with Gasteiger partial charge in [-0.05, 0) is 30.9 Å². The van der Waals surface area contributed by atoms with Crippen LogP contribution in [0.2, 0.25) is 0 Å². The van der Waals surface area contributed by atoms with E-state index < -0.39 is 12.0 Å². The third-order valence-electron chi connectivity index (χ3n) is 4.49. The Balaban J connectivity index is 2.10. The highest BCUT2D eigenvalue weighted by molar-refractivity contribution is 5.80. The number of aryl methyl sites for hydroxylation is 1. The number of rotatable bonds is 5. The number of carbonyl (C=O) groups is 2. The topological polar surface area (TPSA) is 66.4 Å². The minimum atomic E-state index is -0.894. The number of hydrogen-bond donors (Lipinski definition) is 2. The summed E-state index contributed by atoms with van der Waals surface area (Å²) in [4.78, 5) is 23.7. The van der Waals surface area contributed by atoms with Gasteiger partial charge in [0, 0.05) is 5.92 Å². The van der Waals surface area contributed by atoms with Crippen LogP contribution in [0.25, 0.3) is 0 Å². The van der Waals surface area contributed by atoms with E-state index in [0.29, 0.717) is 0 Å². The molecular formula is C18H25NO3. The lowest BCUT2D eigenvalue weighted by Crippen LogP contribution is -2.35. The van der Waals surface area contributed by atoms with Crippen molar-refractivity contribution in [2.24, 2.45) is 5.92 Å². The van der Waals surface area contributed by atoms with Crippen molar-refractivity contribution >= 4 is 11.9 Å². The van der Waals surface area contributed by atoms with Crippen molar-refractivity contribution < 1.29 is 14.7 Å². The molecule has 1 atom stereocenters. The lowest BCUT2D eigenvalue weighted by molar-refractivity contribution is -0.138. The Kier molecular flexibility index (Phi) is 5.99. The highest BCUT2D eigenvalue weighted by Gasteiger charge is 2.25. The molecule has 0 saturated heterocycles. The van der Waals surface area contributed by atoms with E-state index in [4.69, 9.17) is 5.11 Å². The van der Waals surface area contributed by atoms with Crippen LogP contribution < -0.4 is 5.32 Å². The summed E-state index contributed by atoms with van der Waals surface area (Å²) in [6.45, 7) is 1.95. The zero-order valence-electron chi connectivity index (χ0n) is 13.2. The summed E-state index contributed by atoms with van der Waals surface area (Å²) < 4.78 is 0. The average Bonchev–Trinajstić information content (AvgIpc) is 2.75. The van der Waals surface area contributed by atoms with Gasteiger partial charge in [-0.1, -0.05) is 49.9 Å². The van der Waals surface area contributed by atoms with Gasteiger partial charge in [-0.25, -0.2) is 0 Å². The number of nitrogens with one attached hydrogen (secondary N) is 1. The van der Waals surface area contributed by atoms with Gasteiger partial charge in [-0.3, -0.25) is 9.59 Å². The van der Waals surface area contributed by atoms with Crippen LogP contribution in [0.5, 0.6) is 0 Å². The molecule has 1 unspecified atom stereocenters. The van der Waals surface area contributed by atoms with E-state index >= 15 is 0 Å². The standard InChI is InChI=1S/C18H25NO3/c1-13-8-6-7-11-15(13)16(12-17(20)21)19-18(22)14-9-4-2-3-5-10-14/h6-8,11,14,16H,2-5,9-10,12H2,1H3,(H,19,22)(H,20,21). The smallest absolute Gasteiger partial charge is 0.305 e. The van der Waals surface area contributed by atoms with Gasteiger partial charge in [0.15, 0.2) is 0 Å². The number of amides is 1. The van der Waals surface area contributed by atoms with Crippen LogP contribution in [-0.2, 0) is 9.59 Å². The normalized spacial score (nSPS) is 17.5. The van der Waals surface area contributed by atoms with Gasteiger partial charge < -0.3 is 10.4 Å². The first kappa shape index (κ1) is 16.5. The maximum Gasteiger partial charge on any atom is 0.305 e. The Hall–Kier alpha value is -1.84. The molecule has 1 fully saturated rings.